The number of benzene rings is 1. The number of rotatable bonds is 6. The number of thiophene rings is 1. The van der Waals surface area contributed by atoms with E-state index in [1.165, 1.54) is 11.3 Å². The third-order valence-corrected chi connectivity index (χ3v) is 5.59. The number of likely N-dealkylation sites (tertiary alicyclic amines) is 1. The van der Waals surface area contributed by atoms with E-state index in [0.29, 0.717) is 13.0 Å². The van der Waals surface area contributed by atoms with Gasteiger partial charge in [0.1, 0.15) is 0 Å². The lowest BCUT2D eigenvalue weighted by Gasteiger charge is -2.27. The van der Waals surface area contributed by atoms with Crippen LogP contribution in [-0.2, 0) is 4.79 Å². The second-order valence-corrected chi connectivity index (χ2v) is 7.26. The van der Waals surface area contributed by atoms with E-state index < -0.39 is 12.2 Å². The van der Waals surface area contributed by atoms with Crippen molar-refractivity contribution in [3.63, 3.8) is 0 Å². The SMILES string of the molecule is O=C(CC(O)c1ccccc1)N1CCCC1CC(O)c1cccs1. The Morgan fingerprint density at radius 2 is 1.96 bits per heavy atom. The first-order valence-corrected chi connectivity index (χ1v) is 9.27. The van der Waals surface area contributed by atoms with Crippen LogP contribution in [-0.4, -0.2) is 33.6 Å². The predicted octanol–water partition coefficient (Wildman–Crippen LogP) is 3.29. The van der Waals surface area contributed by atoms with Crippen molar-refractivity contribution in [1.29, 1.82) is 0 Å². The fraction of sp³-hybridized carbons (Fsp3) is 0.421. The molecule has 4 nitrogen and oxygen atoms in total. The van der Waals surface area contributed by atoms with Gasteiger partial charge in [-0.3, -0.25) is 4.79 Å². The van der Waals surface area contributed by atoms with E-state index in [4.69, 9.17) is 0 Å². The monoisotopic (exact) mass is 345 g/mol. The summed E-state index contributed by atoms with van der Waals surface area (Å²) in [4.78, 5) is 15.4. The second kappa shape index (κ2) is 7.92. The van der Waals surface area contributed by atoms with Crippen LogP contribution in [0.15, 0.2) is 47.8 Å². The molecule has 2 N–H and O–H groups in total. The normalized spacial score (nSPS) is 20.1. The van der Waals surface area contributed by atoms with Gasteiger partial charge in [-0.1, -0.05) is 36.4 Å². The van der Waals surface area contributed by atoms with Crippen LogP contribution in [0.4, 0.5) is 0 Å². The summed E-state index contributed by atoms with van der Waals surface area (Å²) in [5.41, 5.74) is 0.764. The quantitative estimate of drug-likeness (QED) is 0.844. The highest BCUT2D eigenvalue weighted by Gasteiger charge is 2.31. The molecule has 1 aromatic carbocycles. The average Bonchev–Trinajstić information content (AvgIpc) is 3.27. The molecule has 1 saturated heterocycles. The fourth-order valence-corrected chi connectivity index (χ4v) is 4.06. The van der Waals surface area contributed by atoms with Crippen molar-refractivity contribution in [3.05, 3.63) is 58.3 Å². The lowest BCUT2D eigenvalue weighted by molar-refractivity contribution is -0.134. The molecule has 3 rings (SSSR count). The standard InChI is InChI=1S/C19H23NO3S/c21-16(14-6-2-1-3-7-14)13-19(23)20-10-4-8-15(20)12-17(22)18-9-5-11-24-18/h1-3,5-7,9,11,15-17,21-22H,4,8,10,12-13H2. The van der Waals surface area contributed by atoms with Gasteiger partial charge in [-0.05, 0) is 36.3 Å². The molecule has 1 aliphatic heterocycles. The maximum absolute atomic E-state index is 12.6. The average molecular weight is 345 g/mol. The first-order chi connectivity index (χ1) is 11.6. The van der Waals surface area contributed by atoms with Crippen LogP contribution >= 0.6 is 11.3 Å². The molecular weight excluding hydrogens is 322 g/mol. The number of carbonyl (C=O) groups is 1. The molecule has 3 unspecified atom stereocenters. The van der Waals surface area contributed by atoms with E-state index in [9.17, 15) is 15.0 Å². The van der Waals surface area contributed by atoms with Gasteiger partial charge in [0.05, 0.1) is 18.6 Å². The van der Waals surface area contributed by atoms with Crippen molar-refractivity contribution in [2.75, 3.05) is 6.54 Å². The van der Waals surface area contributed by atoms with E-state index in [-0.39, 0.29) is 18.4 Å². The first-order valence-electron chi connectivity index (χ1n) is 8.39. The van der Waals surface area contributed by atoms with Crippen molar-refractivity contribution in [1.82, 2.24) is 4.90 Å². The molecule has 24 heavy (non-hydrogen) atoms. The summed E-state index contributed by atoms with van der Waals surface area (Å²) in [5.74, 6) is -0.0350. The fourth-order valence-electron chi connectivity index (χ4n) is 3.34. The molecule has 1 aromatic heterocycles. The van der Waals surface area contributed by atoms with Crippen LogP contribution in [0.3, 0.4) is 0 Å². The molecule has 1 aliphatic rings. The van der Waals surface area contributed by atoms with Gasteiger partial charge >= 0.3 is 0 Å². The van der Waals surface area contributed by atoms with Gasteiger partial charge in [0.15, 0.2) is 0 Å². The Bertz CT molecular complexity index is 644. The van der Waals surface area contributed by atoms with Crippen molar-refractivity contribution >= 4 is 17.2 Å². The van der Waals surface area contributed by atoms with Crippen LogP contribution in [0.2, 0.25) is 0 Å². The van der Waals surface area contributed by atoms with Crippen LogP contribution in [0.25, 0.3) is 0 Å². The van der Waals surface area contributed by atoms with E-state index in [1.54, 1.807) is 0 Å². The molecule has 0 saturated carbocycles. The smallest absolute Gasteiger partial charge is 0.225 e. The van der Waals surface area contributed by atoms with Crippen LogP contribution in [0.5, 0.6) is 0 Å². The molecule has 0 aliphatic carbocycles. The Labute approximate surface area is 146 Å². The predicted molar refractivity (Wildman–Crippen MR) is 94.6 cm³/mol. The minimum Gasteiger partial charge on any atom is -0.388 e. The summed E-state index contributed by atoms with van der Waals surface area (Å²) in [7, 11) is 0. The molecule has 2 heterocycles. The van der Waals surface area contributed by atoms with Gasteiger partial charge in [0, 0.05) is 17.5 Å². The number of aliphatic hydroxyl groups excluding tert-OH is 2. The maximum atomic E-state index is 12.6. The number of hydrogen-bond acceptors (Lipinski definition) is 4. The summed E-state index contributed by atoms with van der Waals surface area (Å²) in [6, 6.07) is 13.2. The van der Waals surface area contributed by atoms with Crippen molar-refractivity contribution < 1.29 is 15.0 Å². The van der Waals surface area contributed by atoms with Crippen molar-refractivity contribution in [3.8, 4) is 0 Å². The lowest BCUT2D eigenvalue weighted by Crippen LogP contribution is -2.37. The van der Waals surface area contributed by atoms with Crippen LogP contribution in [0.1, 0.15) is 48.3 Å². The molecule has 1 amide bonds. The Morgan fingerprint density at radius 1 is 1.17 bits per heavy atom. The van der Waals surface area contributed by atoms with Gasteiger partial charge in [-0.15, -0.1) is 11.3 Å². The highest BCUT2D eigenvalue weighted by Crippen LogP contribution is 2.30. The number of nitrogens with zero attached hydrogens (tertiary/aromatic N) is 1. The number of carbonyl (C=O) groups excluding carboxylic acids is 1. The molecule has 1 fully saturated rings. The lowest BCUT2D eigenvalue weighted by atomic mass is 10.0. The molecule has 2 aromatic rings. The molecule has 5 heteroatoms. The van der Waals surface area contributed by atoms with Crippen molar-refractivity contribution in [2.24, 2.45) is 0 Å². The van der Waals surface area contributed by atoms with Crippen LogP contribution < -0.4 is 0 Å². The molecule has 0 radical (unpaired) electrons. The minimum absolute atomic E-state index is 0.0350. The third kappa shape index (κ3) is 4.04. The summed E-state index contributed by atoms with van der Waals surface area (Å²) in [6.07, 6.45) is 1.22. The summed E-state index contributed by atoms with van der Waals surface area (Å²) in [6.45, 7) is 0.710. The zero-order valence-corrected chi connectivity index (χ0v) is 14.4. The van der Waals surface area contributed by atoms with Crippen molar-refractivity contribution in [2.45, 2.75) is 43.9 Å². The molecular formula is C19H23NO3S. The highest BCUT2D eigenvalue weighted by atomic mass is 32.1. The van der Waals surface area contributed by atoms with E-state index in [2.05, 4.69) is 0 Å². The van der Waals surface area contributed by atoms with Gasteiger partial charge in [-0.25, -0.2) is 0 Å². The number of amides is 1. The Balaban J connectivity index is 1.59. The molecule has 128 valence electrons. The Kier molecular flexibility index (Phi) is 5.66. The Hall–Kier alpha value is -1.69. The largest absolute Gasteiger partial charge is 0.388 e. The first kappa shape index (κ1) is 17.1. The summed E-state index contributed by atoms with van der Waals surface area (Å²) < 4.78 is 0. The number of aliphatic hydroxyl groups is 2. The molecule has 0 bridgehead atoms. The zero-order chi connectivity index (χ0) is 16.9. The van der Waals surface area contributed by atoms with Crippen LogP contribution in [0, 0.1) is 0 Å². The van der Waals surface area contributed by atoms with E-state index in [1.807, 2.05) is 52.7 Å². The van der Waals surface area contributed by atoms with E-state index in [0.717, 1.165) is 23.3 Å². The summed E-state index contributed by atoms with van der Waals surface area (Å²) in [5, 5.41) is 22.6. The van der Waals surface area contributed by atoms with Gasteiger partial charge in [0.25, 0.3) is 0 Å². The second-order valence-electron chi connectivity index (χ2n) is 6.28. The molecule has 3 atom stereocenters. The highest BCUT2D eigenvalue weighted by molar-refractivity contribution is 7.10. The maximum Gasteiger partial charge on any atom is 0.225 e. The summed E-state index contributed by atoms with van der Waals surface area (Å²) >= 11 is 1.54. The van der Waals surface area contributed by atoms with E-state index >= 15 is 0 Å². The number of hydrogen-bond donors (Lipinski definition) is 2. The Morgan fingerprint density at radius 3 is 2.67 bits per heavy atom. The zero-order valence-electron chi connectivity index (χ0n) is 13.5. The van der Waals surface area contributed by atoms with Gasteiger partial charge in [-0.2, -0.15) is 0 Å². The third-order valence-electron chi connectivity index (χ3n) is 4.62. The topological polar surface area (TPSA) is 60.8 Å². The molecule has 0 spiro atoms. The van der Waals surface area contributed by atoms with Gasteiger partial charge < -0.3 is 15.1 Å². The minimum atomic E-state index is -0.776. The van der Waals surface area contributed by atoms with Gasteiger partial charge in [0.2, 0.25) is 5.91 Å².